The van der Waals surface area contributed by atoms with E-state index in [2.05, 4.69) is 10.6 Å². The lowest BCUT2D eigenvalue weighted by Gasteiger charge is -2.31. The number of halogens is 1. The first kappa shape index (κ1) is 22.7. The van der Waals surface area contributed by atoms with E-state index in [0.29, 0.717) is 35.6 Å². The predicted molar refractivity (Wildman–Crippen MR) is 131 cm³/mol. The molecule has 3 aromatic rings. The summed E-state index contributed by atoms with van der Waals surface area (Å²) < 4.78 is 13.5. The monoisotopic (exact) mass is 472 g/mol. The molecule has 8 heteroatoms. The maximum absolute atomic E-state index is 13.8. The van der Waals surface area contributed by atoms with Crippen molar-refractivity contribution in [1.29, 1.82) is 0 Å². The molecule has 5 rings (SSSR count). The first-order valence-electron chi connectivity index (χ1n) is 11.6. The molecule has 35 heavy (non-hydrogen) atoms. The van der Waals surface area contributed by atoms with Gasteiger partial charge in [0.15, 0.2) is 0 Å². The molecule has 178 valence electrons. The lowest BCUT2D eigenvalue weighted by atomic mass is 9.99. The van der Waals surface area contributed by atoms with Crippen molar-refractivity contribution in [1.82, 2.24) is 10.2 Å². The lowest BCUT2D eigenvalue weighted by molar-refractivity contribution is -0.116. The van der Waals surface area contributed by atoms with Gasteiger partial charge >= 0.3 is 0 Å². The maximum Gasteiger partial charge on any atom is 0.258 e. The van der Waals surface area contributed by atoms with Crippen LogP contribution in [-0.2, 0) is 4.79 Å². The molecule has 0 radical (unpaired) electrons. The minimum atomic E-state index is -0.579. The maximum atomic E-state index is 13.8. The Labute approximate surface area is 202 Å². The van der Waals surface area contributed by atoms with Crippen molar-refractivity contribution in [3.63, 3.8) is 0 Å². The van der Waals surface area contributed by atoms with Crippen LogP contribution in [0.3, 0.4) is 0 Å². The summed E-state index contributed by atoms with van der Waals surface area (Å²) in [5.41, 5.74) is 2.42. The van der Waals surface area contributed by atoms with Crippen LogP contribution in [0.15, 0.2) is 72.8 Å². The third kappa shape index (κ3) is 4.65. The Morgan fingerprint density at radius 1 is 0.857 bits per heavy atom. The molecular weight excluding hydrogens is 447 g/mol. The molecule has 0 aliphatic carbocycles. The number of carbonyl (C=O) groups excluding carboxylic acids is 3. The Morgan fingerprint density at radius 3 is 2.26 bits per heavy atom. The molecule has 2 aliphatic rings. The summed E-state index contributed by atoms with van der Waals surface area (Å²) in [7, 11) is 0. The van der Waals surface area contributed by atoms with Crippen LogP contribution in [0.1, 0.15) is 38.7 Å². The number of fused-ring (bicyclic) bond motifs is 1. The van der Waals surface area contributed by atoms with Crippen molar-refractivity contribution < 1.29 is 18.8 Å². The number of nitrogens with one attached hydrogen (secondary N) is 2. The summed E-state index contributed by atoms with van der Waals surface area (Å²) in [5, 5.41) is 6.11. The van der Waals surface area contributed by atoms with Gasteiger partial charge in [-0.15, -0.1) is 0 Å². The van der Waals surface area contributed by atoms with Crippen LogP contribution in [0.2, 0.25) is 0 Å². The van der Waals surface area contributed by atoms with E-state index < -0.39 is 11.9 Å². The van der Waals surface area contributed by atoms with Gasteiger partial charge in [0.05, 0.1) is 23.8 Å². The standard InChI is InChI=1S/C27H25FN4O3/c28-21-9-6-19(7-10-21)27(35)32-23-11-8-20(26(34)31-14-12-29-13-15-31)16-22(23)30-25(33)17-24(32)18-4-2-1-3-5-18/h1-11,16,24,29H,12-15,17H2,(H,30,33). The van der Waals surface area contributed by atoms with Gasteiger partial charge in [-0.05, 0) is 48.0 Å². The summed E-state index contributed by atoms with van der Waals surface area (Å²) in [4.78, 5) is 43.1. The number of amides is 3. The van der Waals surface area contributed by atoms with E-state index in [0.717, 1.165) is 18.7 Å². The number of hydrogen-bond acceptors (Lipinski definition) is 4. The molecule has 1 fully saturated rings. The summed E-state index contributed by atoms with van der Waals surface area (Å²) in [6.07, 6.45) is 0.0344. The number of nitrogens with zero attached hydrogens (tertiary/aromatic N) is 2. The normalized spacial score (nSPS) is 17.9. The highest BCUT2D eigenvalue weighted by atomic mass is 19.1. The van der Waals surface area contributed by atoms with Crippen molar-refractivity contribution in [2.45, 2.75) is 12.5 Å². The zero-order valence-corrected chi connectivity index (χ0v) is 19.0. The Balaban J connectivity index is 1.59. The first-order valence-corrected chi connectivity index (χ1v) is 11.6. The van der Waals surface area contributed by atoms with Crippen molar-refractivity contribution in [3.05, 3.63) is 95.3 Å². The van der Waals surface area contributed by atoms with Crippen molar-refractivity contribution in [3.8, 4) is 0 Å². The zero-order valence-electron chi connectivity index (χ0n) is 19.0. The smallest absolute Gasteiger partial charge is 0.258 e. The van der Waals surface area contributed by atoms with Crippen LogP contribution in [0.4, 0.5) is 15.8 Å². The highest BCUT2D eigenvalue weighted by Gasteiger charge is 2.34. The number of rotatable bonds is 3. The quantitative estimate of drug-likeness (QED) is 0.610. The van der Waals surface area contributed by atoms with E-state index in [-0.39, 0.29) is 24.1 Å². The minimum absolute atomic E-state index is 0.0344. The second-order valence-corrected chi connectivity index (χ2v) is 8.63. The topological polar surface area (TPSA) is 81.8 Å². The Morgan fingerprint density at radius 2 is 1.54 bits per heavy atom. The molecule has 1 atom stereocenters. The third-order valence-electron chi connectivity index (χ3n) is 6.37. The Kier molecular flexibility index (Phi) is 6.29. The second-order valence-electron chi connectivity index (χ2n) is 8.63. The average Bonchev–Trinajstić information content (AvgIpc) is 3.04. The van der Waals surface area contributed by atoms with Crippen molar-refractivity contribution in [2.24, 2.45) is 0 Å². The highest BCUT2D eigenvalue weighted by Crippen LogP contribution is 2.39. The molecule has 0 bridgehead atoms. The molecule has 1 saturated heterocycles. The van der Waals surface area contributed by atoms with Crippen LogP contribution in [0.5, 0.6) is 0 Å². The summed E-state index contributed by atoms with van der Waals surface area (Å²) in [5.74, 6) is -1.19. The Hall–Kier alpha value is -4.04. The molecule has 2 heterocycles. The number of hydrogen-bond donors (Lipinski definition) is 2. The van der Waals surface area contributed by atoms with Crippen LogP contribution < -0.4 is 15.5 Å². The molecule has 0 spiro atoms. The molecule has 0 aromatic heterocycles. The minimum Gasteiger partial charge on any atom is -0.336 e. The fourth-order valence-electron chi connectivity index (χ4n) is 4.59. The summed E-state index contributed by atoms with van der Waals surface area (Å²) >= 11 is 0. The molecule has 3 aromatic carbocycles. The van der Waals surface area contributed by atoms with Gasteiger partial charge in [-0.1, -0.05) is 30.3 Å². The highest BCUT2D eigenvalue weighted by molar-refractivity contribution is 6.12. The van der Waals surface area contributed by atoms with Gasteiger partial charge in [0.1, 0.15) is 5.82 Å². The molecule has 2 aliphatic heterocycles. The number of anilines is 2. The second kappa shape index (κ2) is 9.68. The van der Waals surface area contributed by atoms with Crippen molar-refractivity contribution >= 4 is 29.1 Å². The van der Waals surface area contributed by atoms with E-state index in [9.17, 15) is 18.8 Å². The predicted octanol–water partition coefficient (Wildman–Crippen LogP) is 3.60. The van der Waals surface area contributed by atoms with E-state index in [1.165, 1.54) is 24.3 Å². The lowest BCUT2D eigenvalue weighted by Crippen LogP contribution is -2.46. The fourth-order valence-corrected chi connectivity index (χ4v) is 4.59. The van der Waals surface area contributed by atoms with E-state index in [1.807, 2.05) is 30.3 Å². The first-order chi connectivity index (χ1) is 17.0. The number of benzene rings is 3. The van der Waals surface area contributed by atoms with Gasteiger partial charge in [0, 0.05) is 37.3 Å². The van der Waals surface area contributed by atoms with E-state index in [1.54, 1.807) is 28.0 Å². The molecule has 7 nitrogen and oxygen atoms in total. The third-order valence-corrected chi connectivity index (χ3v) is 6.37. The number of carbonyl (C=O) groups is 3. The SMILES string of the molecule is O=C1CC(c2ccccc2)N(C(=O)c2ccc(F)cc2)c2ccc(C(=O)N3CCNCC3)cc2N1. The Bertz CT molecular complexity index is 1260. The van der Waals surface area contributed by atoms with Crippen LogP contribution in [-0.4, -0.2) is 48.8 Å². The fraction of sp³-hybridized carbons (Fsp3) is 0.222. The summed E-state index contributed by atoms with van der Waals surface area (Å²) in [6, 6.07) is 19.1. The van der Waals surface area contributed by atoms with Crippen molar-refractivity contribution in [2.75, 3.05) is 36.4 Å². The molecule has 2 N–H and O–H groups in total. The largest absolute Gasteiger partial charge is 0.336 e. The van der Waals surface area contributed by atoms with Crippen LogP contribution in [0.25, 0.3) is 0 Å². The molecule has 1 unspecified atom stereocenters. The van der Waals surface area contributed by atoms with Crippen LogP contribution >= 0.6 is 0 Å². The van der Waals surface area contributed by atoms with Gasteiger partial charge in [0.25, 0.3) is 11.8 Å². The van der Waals surface area contributed by atoms with Gasteiger partial charge < -0.3 is 15.5 Å². The van der Waals surface area contributed by atoms with E-state index in [4.69, 9.17) is 0 Å². The molecule has 3 amide bonds. The average molecular weight is 473 g/mol. The van der Waals surface area contributed by atoms with Gasteiger partial charge in [-0.3, -0.25) is 19.3 Å². The van der Waals surface area contributed by atoms with E-state index >= 15 is 0 Å². The summed E-state index contributed by atoms with van der Waals surface area (Å²) in [6.45, 7) is 2.67. The van der Waals surface area contributed by atoms with Gasteiger partial charge in [-0.25, -0.2) is 4.39 Å². The van der Waals surface area contributed by atoms with Gasteiger partial charge in [-0.2, -0.15) is 0 Å². The molecular formula is C27H25FN4O3. The van der Waals surface area contributed by atoms with Gasteiger partial charge in [0.2, 0.25) is 5.91 Å². The van der Waals surface area contributed by atoms with Crippen LogP contribution in [0, 0.1) is 5.82 Å². The molecule has 0 saturated carbocycles. The zero-order chi connectivity index (χ0) is 24.4. The number of piperazine rings is 1.